The number of rotatable bonds is 5. The van der Waals surface area contributed by atoms with Crippen molar-refractivity contribution in [2.24, 2.45) is 0 Å². The number of halogens is 1. The van der Waals surface area contributed by atoms with Crippen LogP contribution in [0.1, 0.15) is 12.0 Å². The van der Waals surface area contributed by atoms with Gasteiger partial charge in [0.05, 0.1) is 6.61 Å². The molecule has 0 spiro atoms. The summed E-state index contributed by atoms with van der Waals surface area (Å²) in [5.41, 5.74) is 1.03. The maximum atomic E-state index is 13.1. The van der Waals surface area contributed by atoms with Gasteiger partial charge in [0.25, 0.3) is 0 Å². The molecule has 0 radical (unpaired) electrons. The average Bonchev–Trinajstić information content (AvgIpc) is 2.78. The molecule has 0 aromatic heterocycles. The minimum atomic E-state index is -0.166. The molecule has 1 aromatic carbocycles. The van der Waals surface area contributed by atoms with Crippen LogP contribution in [0, 0.1) is 5.82 Å². The average molecular weight is 252 g/mol. The van der Waals surface area contributed by atoms with E-state index < -0.39 is 0 Å². The molecule has 0 bridgehead atoms. The minimum Gasteiger partial charge on any atom is -0.395 e. The third kappa shape index (κ3) is 3.51. The Morgan fingerprint density at radius 2 is 2.33 bits per heavy atom. The highest BCUT2D eigenvalue weighted by atomic mass is 19.1. The fraction of sp³-hybridized carbons (Fsp3) is 0.571. The zero-order valence-corrected chi connectivity index (χ0v) is 10.8. The van der Waals surface area contributed by atoms with Crippen LogP contribution in [0.25, 0.3) is 0 Å². The van der Waals surface area contributed by atoms with Gasteiger partial charge in [0.15, 0.2) is 0 Å². The molecule has 1 aliphatic heterocycles. The summed E-state index contributed by atoms with van der Waals surface area (Å²) >= 11 is 0. The zero-order valence-electron chi connectivity index (χ0n) is 10.8. The lowest BCUT2D eigenvalue weighted by Gasteiger charge is -2.23. The Bertz CT molecular complexity index is 386. The second-order valence-corrected chi connectivity index (χ2v) is 5.01. The van der Waals surface area contributed by atoms with Crippen LogP contribution in [0.3, 0.4) is 0 Å². The van der Waals surface area contributed by atoms with Crippen molar-refractivity contribution in [3.8, 4) is 0 Å². The van der Waals surface area contributed by atoms with Crippen molar-refractivity contribution < 1.29 is 9.50 Å². The summed E-state index contributed by atoms with van der Waals surface area (Å²) in [4.78, 5) is 4.54. The van der Waals surface area contributed by atoms with Gasteiger partial charge in [-0.15, -0.1) is 0 Å². The van der Waals surface area contributed by atoms with Crippen LogP contribution in [0.15, 0.2) is 24.3 Å². The van der Waals surface area contributed by atoms with Gasteiger partial charge >= 0.3 is 0 Å². The first-order valence-electron chi connectivity index (χ1n) is 6.47. The Labute approximate surface area is 108 Å². The van der Waals surface area contributed by atoms with Crippen LogP contribution >= 0.6 is 0 Å². The molecule has 18 heavy (non-hydrogen) atoms. The van der Waals surface area contributed by atoms with Gasteiger partial charge in [-0.25, -0.2) is 4.39 Å². The van der Waals surface area contributed by atoms with Gasteiger partial charge < -0.3 is 5.11 Å². The van der Waals surface area contributed by atoms with Crippen LogP contribution in [0.5, 0.6) is 0 Å². The summed E-state index contributed by atoms with van der Waals surface area (Å²) in [7, 11) is 2.05. The van der Waals surface area contributed by atoms with Crippen LogP contribution in [-0.2, 0) is 6.54 Å². The molecular weight excluding hydrogens is 231 g/mol. The molecule has 4 heteroatoms. The number of aliphatic hydroxyl groups excluding tert-OH is 1. The highest BCUT2D eigenvalue weighted by molar-refractivity contribution is 5.16. The minimum absolute atomic E-state index is 0.166. The first kappa shape index (κ1) is 13.5. The SMILES string of the molecule is CN(CCO)C1CCN(Cc2cccc(F)c2)C1. The molecule has 1 fully saturated rings. The summed E-state index contributed by atoms with van der Waals surface area (Å²) in [6.07, 6.45) is 1.12. The van der Waals surface area contributed by atoms with Crippen molar-refractivity contribution in [2.45, 2.75) is 19.0 Å². The topological polar surface area (TPSA) is 26.7 Å². The Morgan fingerprint density at radius 1 is 1.50 bits per heavy atom. The molecule has 1 saturated heterocycles. The largest absolute Gasteiger partial charge is 0.395 e. The molecule has 0 saturated carbocycles. The number of benzene rings is 1. The van der Waals surface area contributed by atoms with E-state index in [1.807, 2.05) is 13.1 Å². The normalized spacial score (nSPS) is 20.8. The predicted octanol–water partition coefficient (Wildman–Crippen LogP) is 1.32. The fourth-order valence-electron chi connectivity index (χ4n) is 2.55. The Kier molecular flexibility index (Phi) is 4.69. The van der Waals surface area contributed by atoms with Crippen molar-refractivity contribution in [2.75, 3.05) is 33.3 Å². The van der Waals surface area contributed by atoms with Crippen molar-refractivity contribution in [3.05, 3.63) is 35.6 Å². The second-order valence-electron chi connectivity index (χ2n) is 5.01. The molecule has 0 amide bonds. The smallest absolute Gasteiger partial charge is 0.123 e. The number of aliphatic hydroxyl groups is 1. The standard InChI is InChI=1S/C14H21FN2O/c1-16(7-8-18)14-5-6-17(11-14)10-12-3-2-4-13(15)9-12/h2-4,9,14,18H,5-8,10-11H2,1H3. The van der Waals surface area contributed by atoms with Gasteiger partial charge in [-0.2, -0.15) is 0 Å². The molecule has 1 heterocycles. The van der Waals surface area contributed by atoms with Gasteiger partial charge in [-0.1, -0.05) is 12.1 Å². The molecule has 0 aliphatic carbocycles. The van der Waals surface area contributed by atoms with Crippen LogP contribution in [-0.4, -0.2) is 54.2 Å². The lowest BCUT2D eigenvalue weighted by molar-refractivity contribution is 0.177. The fourth-order valence-corrected chi connectivity index (χ4v) is 2.55. The van der Waals surface area contributed by atoms with Gasteiger partial charge in [0.2, 0.25) is 0 Å². The molecule has 1 aliphatic rings. The summed E-state index contributed by atoms with van der Waals surface area (Å²) in [6, 6.07) is 7.31. The van der Waals surface area contributed by atoms with Crippen LogP contribution < -0.4 is 0 Å². The molecule has 1 N–H and O–H groups in total. The van der Waals surface area contributed by atoms with E-state index in [0.717, 1.165) is 38.2 Å². The van der Waals surface area contributed by atoms with E-state index in [0.29, 0.717) is 6.04 Å². The second kappa shape index (κ2) is 6.27. The first-order chi connectivity index (χ1) is 8.69. The van der Waals surface area contributed by atoms with Crippen molar-refractivity contribution in [1.82, 2.24) is 9.80 Å². The number of nitrogens with zero attached hydrogens (tertiary/aromatic N) is 2. The summed E-state index contributed by atoms with van der Waals surface area (Å²) in [6.45, 7) is 3.76. The highest BCUT2D eigenvalue weighted by Gasteiger charge is 2.25. The van der Waals surface area contributed by atoms with Crippen molar-refractivity contribution >= 4 is 0 Å². The third-order valence-corrected chi connectivity index (χ3v) is 3.62. The van der Waals surface area contributed by atoms with E-state index in [-0.39, 0.29) is 12.4 Å². The number of likely N-dealkylation sites (N-methyl/N-ethyl adjacent to an activating group) is 1. The first-order valence-corrected chi connectivity index (χ1v) is 6.47. The predicted molar refractivity (Wildman–Crippen MR) is 69.8 cm³/mol. The lowest BCUT2D eigenvalue weighted by Crippen LogP contribution is -2.36. The molecule has 2 rings (SSSR count). The zero-order chi connectivity index (χ0) is 13.0. The van der Waals surface area contributed by atoms with Gasteiger partial charge in [0, 0.05) is 32.2 Å². The monoisotopic (exact) mass is 252 g/mol. The van der Waals surface area contributed by atoms with Crippen molar-refractivity contribution in [3.63, 3.8) is 0 Å². The molecular formula is C14H21FN2O. The third-order valence-electron chi connectivity index (χ3n) is 3.62. The molecule has 100 valence electrons. The van der Waals surface area contributed by atoms with E-state index in [1.54, 1.807) is 12.1 Å². The van der Waals surface area contributed by atoms with Crippen molar-refractivity contribution in [1.29, 1.82) is 0 Å². The number of hydrogen-bond acceptors (Lipinski definition) is 3. The Morgan fingerprint density at radius 3 is 3.06 bits per heavy atom. The molecule has 1 aromatic rings. The molecule has 3 nitrogen and oxygen atoms in total. The maximum Gasteiger partial charge on any atom is 0.123 e. The summed E-state index contributed by atoms with van der Waals surface area (Å²) < 4.78 is 13.1. The number of likely N-dealkylation sites (tertiary alicyclic amines) is 1. The van der Waals surface area contributed by atoms with E-state index >= 15 is 0 Å². The molecule has 1 unspecified atom stereocenters. The van der Waals surface area contributed by atoms with E-state index in [2.05, 4.69) is 9.80 Å². The lowest BCUT2D eigenvalue weighted by atomic mass is 10.2. The Hall–Kier alpha value is -0.970. The Balaban J connectivity index is 1.86. The van der Waals surface area contributed by atoms with Gasteiger partial charge in [0.1, 0.15) is 5.82 Å². The molecule has 1 atom stereocenters. The van der Waals surface area contributed by atoms with E-state index in [4.69, 9.17) is 5.11 Å². The van der Waals surface area contributed by atoms with Gasteiger partial charge in [-0.05, 0) is 31.2 Å². The maximum absolute atomic E-state index is 13.1. The van der Waals surface area contributed by atoms with Crippen LogP contribution in [0.4, 0.5) is 4.39 Å². The number of hydrogen-bond donors (Lipinski definition) is 1. The summed E-state index contributed by atoms with van der Waals surface area (Å²) in [5.74, 6) is -0.166. The van der Waals surface area contributed by atoms with E-state index in [9.17, 15) is 4.39 Å². The summed E-state index contributed by atoms with van der Waals surface area (Å²) in [5, 5.41) is 8.93. The van der Waals surface area contributed by atoms with Crippen LogP contribution in [0.2, 0.25) is 0 Å². The van der Waals surface area contributed by atoms with E-state index in [1.165, 1.54) is 6.07 Å². The quantitative estimate of drug-likeness (QED) is 0.856. The van der Waals surface area contributed by atoms with Gasteiger partial charge in [-0.3, -0.25) is 9.80 Å². The highest BCUT2D eigenvalue weighted by Crippen LogP contribution is 2.17.